The van der Waals surface area contributed by atoms with E-state index in [0.29, 0.717) is 32.8 Å². The van der Waals surface area contributed by atoms with Crippen LogP contribution >= 0.6 is 31.5 Å². The predicted octanol–water partition coefficient (Wildman–Crippen LogP) is 2.67. The maximum Gasteiger partial charge on any atom is 0.322 e. The van der Waals surface area contributed by atoms with Crippen LogP contribution in [0, 0.1) is 0 Å². The van der Waals surface area contributed by atoms with Gasteiger partial charge in [0.1, 0.15) is 24.8 Å². The van der Waals surface area contributed by atoms with Crippen molar-refractivity contribution in [1.29, 1.82) is 0 Å². The maximum atomic E-state index is 12.4. The first kappa shape index (κ1) is 27.9. The number of fused-ring (bicyclic) bond motifs is 2. The molecular formula is C24H17Cl2N8O7P. The molecule has 2 aliphatic heterocycles. The van der Waals surface area contributed by atoms with Gasteiger partial charge >= 0.3 is 8.25 Å². The molecule has 0 atom stereocenters. The molecule has 0 bridgehead atoms. The summed E-state index contributed by atoms with van der Waals surface area (Å²) in [5, 5.41) is 16.4. The number of Topliss-reactive ketones (excluding diaryl/α,β-unsaturated/α-hetero) is 2. The van der Waals surface area contributed by atoms with Gasteiger partial charge in [-0.25, -0.2) is 9.36 Å². The highest BCUT2D eigenvalue weighted by Gasteiger charge is 2.37. The Bertz CT molecular complexity index is 1680. The summed E-state index contributed by atoms with van der Waals surface area (Å²) in [5.41, 5.74) is 2.00. The number of carbonyl (C=O) groups excluding carboxylic acids is 4. The quantitative estimate of drug-likeness (QED) is 0.186. The van der Waals surface area contributed by atoms with Gasteiger partial charge in [0, 0.05) is 10.0 Å². The van der Waals surface area contributed by atoms with Gasteiger partial charge in [0.05, 0.1) is 48.0 Å². The second-order valence-electron chi connectivity index (χ2n) is 9.06. The Morgan fingerprint density at radius 2 is 1.12 bits per heavy atom. The first-order valence-corrected chi connectivity index (χ1v) is 14.0. The number of hydrogen-bond donors (Lipinski definition) is 0. The van der Waals surface area contributed by atoms with Crippen LogP contribution in [0.2, 0.25) is 10.0 Å². The van der Waals surface area contributed by atoms with Crippen molar-refractivity contribution in [2.45, 2.75) is 26.6 Å². The second-order valence-corrected chi connectivity index (χ2v) is 11.0. The van der Waals surface area contributed by atoms with Gasteiger partial charge < -0.3 is 0 Å². The summed E-state index contributed by atoms with van der Waals surface area (Å²) in [4.78, 5) is 51.9. The number of anilines is 2. The number of carbonyl (C=O) groups is 4. The summed E-state index contributed by atoms with van der Waals surface area (Å²) >= 11 is 11.9. The summed E-state index contributed by atoms with van der Waals surface area (Å²) in [6.45, 7) is -0.561. The van der Waals surface area contributed by atoms with Crippen LogP contribution in [-0.2, 0) is 49.8 Å². The van der Waals surface area contributed by atoms with Crippen molar-refractivity contribution in [3.63, 3.8) is 0 Å². The highest BCUT2D eigenvalue weighted by atomic mass is 35.5. The number of nitrogens with zero attached hydrogens (tertiary/aromatic N) is 8. The van der Waals surface area contributed by atoms with Gasteiger partial charge in [0.25, 0.3) is 23.4 Å². The predicted molar refractivity (Wildman–Crippen MR) is 145 cm³/mol. The van der Waals surface area contributed by atoms with E-state index in [1.54, 1.807) is 24.3 Å². The summed E-state index contributed by atoms with van der Waals surface area (Å²) in [6, 6.07) is 9.19. The van der Waals surface area contributed by atoms with Crippen molar-refractivity contribution in [3.8, 4) is 0 Å². The second kappa shape index (κ2) is 11.2. The SMILES string of the molecule is O=C1C(=O)N(Cc2cn(CO[PH](=O)OCn3cc(CN4C(=O)C(=O)c5cc(Cl)ccc54)nn3)nn2)c2ccc(Cl)cc21. The number of rotatable bonds is 10. The van der Waals surface area contributed by atoms with Crippen molar-refractivity contribution in [2.24, 2.45) is 0 Å². The Morgan fingerprint density at radius 3 is 1.55 bits per heavy atom. The topological polar surface area (TPSA) is 172 Å². The first-order valence-electron chi connectivity index (χ1n) is 12.1. The molecule has 2 aliphatic rings. The third kappa shape index (κ3) is 5.35. The van der Waals surface area contributed by atoms with E-state index in [2.05, 4.69) is 20.6 Å². The van der Waals surface area contributed by atoms with Crippen LogP contribution in [0.15, 0.2) is 48.8 Å². The normalized spacial score (nSPS) is 14.5. The molecule has 4 heterocycles. The molecule has 0 radical (unpaired) electrons. The van der Waals surface area contributed by atoms with Gasteiger partial charge in [0.2, 0.25) is 0 Å². The van der Waals surface area contributed by atoms with E-state index in [-0.39, 0.29) is 37.7 Å². The van der Waals surface area contributed by atoms with Gasteiger partial charge in [-0.15, -0.1) is 10.2 Å². The molecule has 0 spiro atoms. The smallest absolute Gasteiger partial charge is 0.299 e. The fourth-order valence-electron chi connectivity index (χ4n) is 4.41. The third-order valence-electron chi connectivity index (χ3n) is 6.31. The number of ketones is 2. The monoisotopic (exact) mass is 630 g/mol. The molecule has 0 saturated carbocycles. The average Bonchev–Trinajstić information content (AvgIpc) is 3.73. The van der Waals surface area contributed by atoms with Crippen LogP contribution in [0.25, 0.3) is 0 Å². The number of amides is 2. The summed E-state index contributed by atoms with van der Waals surface area (Å²) in [5.74, 6) is -2.73. The molecule has 15 nitrogen and oxygen atoms in total. The number of benzene rings is 2. The molecule has 0 fully saturated rings. The third-order valence-corrected chi connectivity index (χ3v) is 7.51. The van der Waals surface area contributed by atoms with Crippen molar-refractivity contribution < 1.29 is 32.8 Å². The Labute approximate surface area is 246 Å². The molecule has 0 unspecified atom stereocenters. The summed E-state index contributed by atoms with van der Waals surface area (Å²) < 4.78 is 25.2. The summed E-state index contributed by atoms with van der Waals surface area (Å²) in [7, 11) is -3.00. The minimum Gasteiger partial charge on any atom is -0.299 e. The Morgan fingerprint density at radius 1 is 0.690 bits per heavy atom. The molecule has 4 aromatic rings. The largest absolute Gasteiger partial charge is 0.322 e. The Kier molecular flexibility index (Phi) is 7.43. The first-order chi connectivity index (χ1) is 20.2. The van der Waals surface area contributed by atoms with Gasteiger partial charge in [-0.3, -0.25) is 42.6 Å². The molecule has 0 aliphatic carbocycles. The number of hydrogen-bond acceptors (Lipinski definition) is 11. The van der Waals surface area contributed by atoms with Gasteiger partial charge in [-0.05, 0) is 36.4 Å². The summed E-state index contributed by atoms with van der Waals surface area (Å²) in [6.07, 6.45) is 2.95. The van der Waals surface area contributed by atoms with Crippen molar-refractivity contribution in [3.05, 3.63) is 81.4 Å². The van der Waals surface area contributed by atoms with Crippen LogP contribution in [0.5, 0.6) is 0 Å². The zero-order valence-electron chi connectivity index (χ0n) is 21.1. The zero-order chi connectivity index (χ0) is 29.5. The lowest BCUT2D eigenvalue weighted by Crippen LogP contribution is -2.29. The maximum absolute atomic E-state index is 12.4. The van der Waals surface area contributed by atoms with Crippen molar-refractivity contribution >= 4 is 66.2 Å². The molecule has 2 aromatic heterocycles. The fourth-order valence-corrected chi connectivity index (χ4v) is 5.31. The van der Waals surface area contributed by atoms with E-state index >= 15 is 0 Å². The van der Waals surface area contributed by atoms with E-state index in [9.17, 15) is 23.7 Å². The van der Waals surface area contributed by atoms with Crippen LogP contribution < -0.4 is 9.80 Å². The molecule has 2 amide bonds. The molecule has 0 N–H and O–H groups in total. The minimum absolute atomic E-state index is 0.0178. The van der Waals surface area contributed by atoms with E-state index in [4.69, 9.17) is 32.2 Å². The molecule has 6 rings (SSSR count). The van der Waals surface area contributed by atoms with E-state index in [0.717, 1.165) is 0 Å². The van der Waals surface area contributed by atoms with Gasteiger partial charge in [-0.1, -0.05) is 33.6 Å². The minimum atomic E-state index is -3.00. The van der Waals surface area contributed by atoms with Crippen LogP contribution in [0.4, 0.5) is 11.4 Å². The van der Waals surface area contributed by atoms with Crippen LogP contribution in [0.1, 0.15) is 32.1 Å². The zero-order valence-corrected chi connectivity index (χ0v) is 23.7. The standard InChI is InChI=1S/C24H17Cl2N8O7P/c25-13-1-3-19-17(5-13)21(35)23(37)33(19)9-15-7-31(29-27-15)11-40-42(39)41-12-32-8-16(28-30-32)10-34-20-4-2-14(26)6-18(20)22(36)24(34)38/h1-8,42H,9-12H2. The Hall–Kier alpha value is -4.27. The molecular weight excluding hydrogens is 614 g/mol. The lowest BCUT2D eigenvalue weighted by molar-refractivity contribution is -0.115. The Balaban J connectivity index is 0.994. The van der Waals surface area contributed by atoms with Gasteiger partial charge in [0.15, 0.2) is 0 Å². The lowest BCUT2D eigenvalue weighted by atomic mass is 10.1. The highest BCUT2D eigenvalue weighted by Crippen LogP contribution is 2.33. The van der Waals surface area contributed by atoms with E-state index in [1.807, 2.05) is 0 Å². The van der Waals surface area contributed by atoms with Gasteiger partial charge in [-0.2, -0.15) is 0 Å². The van der Waals surface area contributed by atoms with Crippen molar-refractivity contribution in [1.82, 2.24) is 30.0 Å². The van der Waals surface area contributed by atoms with Crippen LogP contribution in [-0.4, -0.2) is 53.4 Å². The highest BCUT2D eigenvalue weighted by molar-refractivity contribution is 7.33. The van der Waals surface area contributed by atoms with Crippen LogP contribution in [0.3, 0.4) is 0 Å². The van der Waals surface area contributed by atoms with Crippen molar-refractivity contribution in [2.75, 3.05) is 9.80 Å². The molecule has 18 heteroatoms. The van der Waals surface area contributed by atoms with E-state index < -0.39 is 31.6 Å². The lowest BCUT2D eigenvalue weighted by Gasteiger charge is -2.14. The number of halogens is 2. The number of aromatic nitrogens is 6. The molecule has 42 heavy (non-hydrogen) atoms. The molecule has 2 aromatic carbocycles. The fraction of sp³-hybridized carbons (Fsp3) is 0.167. The van der Waals surface area contributed by atoms with E-state index in [1.165, 1.54) is 43.7 Å². The average molecular weight is 631 g/mol. The molecule has 214 valence electrons. The molecule has 0 saturated heterocycles.